The van der Waals surface area contributed by atoms with Gasteiger partial charge in [-0.2, -0.15) is 5.26 Å². The molecule has 2 N–H and O–H groups in total. The molecule has 0 spiro atoms. The van der Waals surface area contributed by atoms with Crippen LogP contribution >= 0.6 is 15.9 Å². The number of aromatic nitrogens is 1. The summed E-state index contributed by atoms with van der Waals surface area (Å²) in [5.41, 5.74) is 9.33. The van der Waals surface area contributed by atoms with Gasteiger partial charge in [-0.15, -0.1) is 0 Å². The van der Waals surface area contributed by atoms with Crippen LogP contribution in [0.1, 0.15) is 16.8 Å². The Kier molecular flexibility index (Phi) is 3.54. The second-order valence-corrected chi connectivity index (χ2v) is 5.09. The molecule has 0 aliphatic heterocycles. The van der Waals surface area contributed by atoms with E-state index in [9.17, 15) is 0 Å². The number of ether oxygens (including phenoxy) is 1. The molecular formula is C14H14BrN3O. The summed E-state index contributed by atoms with van der Waals surface area (Å²) in [6, 6.07) is 7.86. The fourth-order valence-corrected chi connectivity index (χ4v) is 2.50. The van der Waals surface area contributed by atoms with E-state index in [1.165, 1.54) is 0 Å². The van der Waals surface area contributed by atoms with Crippen molar-refractivity contribution in [1.29, 1.82) is 5.26 Å². The van der Waals surface area contributed by atoms with Crippen LogP contribution in [-0.4, -0.2) is 11.7 Å². The molecule has 0 fully saturated rings. The van der Waals surface area contributed by atoms with Crippen molar-refractivity contribution in [3.63, 3.8) is 0 Å². The average molecular weight is 320 g/mol. The van der Waals surface area contributed by atoms with E-state index < -0.39 is 0 Å². The number of nitriles is 1. The zero-order valence-corrected chi connectivity index (χ0v) is 12.6. The highest BCUT2D eigenvalue weighted by atomic mass is 79.9. The van der Waals surface area contributed by atoms with Gasteiger partial charge in [0.25, 0.3) is 0 Å². The lowest BCUT2D eigenvalue weighted by atomic mass is 10.2. The maximum absolute atomic E-state index is 9.15. The van der Waals surface area contributed by atoms with E-state index in [1.807, 2.05) is 36.6 Å². The number of nitrogen functional groups attached to an aromatic ring is 1. The summed E-state index contributed by atoms with van der Waals surface area (Å²) in [6.45, 7) is 3.85. The number of halogens is 1. The molecule has 0 atom stereocenters. The number of nitrogens with two attached hydrogens (primary N) is 1. The number of anilines is 1. The molecule has 2 rings (SSSR count). The van der Waals surface area contributed by atoms with Crippen molar-refractivity contribution in [2.75, 3.05) is 12.8 Å². The zero-order valence-electron chi connectivity index (χ0n) is 11.0. The first-order valence-corrected chi connectivity index (χ1v) is 6.52. The molecular weight excluding hydrogens is 306 g/mol. The van der Waals surface area contributed by atoms with Gasteiger partial charge in [-0.05, 0) is 47.5 Å². The molecule has 1 aromatic carbocycles. The van der Waals surface area contributed by atoms with Crippen LogP contribution in [0.25, 0.3) is 5.69 Å². The van der Waals surface area contributed by atoms with E-state index >= 15 is 0 Å². The van der Waals surface area contributed by atoms with Crippen LogP contribution in [0.15, 0.2) is 22.7 Å². The Morgan fingerprint density at radius 2 is 2.05 bits per heavy atom. The van der Waals surface area contributed by atoms with Crippen LogP contribution in [0.2, 0.25) is 0 Å². The number of benzene rings is 1. The second kappa shape index (κ2) is 4.98. The van der Waals surface area contributed by atoms with Gasteiger partial charge in [0.2, 0.25) is 0 Å². The van der Waals surface area contributed by atoms with Crippen molar-refractivity contribution in [1.82, 2.24) is 4.57 Å². The largest absolute Gasteiger partial charge is 0.495 e. The summed E-state index contributed by atoms with van der Waals surface area (Å²) < 4.78 is 8.02. The Hall–Kier alpha value is -1.93. The highest BCUT2D eigenvalue weighted by Gasteiger charge is 2.17. The van der Waals surface area contributed by atoms with Crippen LogP contribution < -0.4 is 10.5 Å². The maximum Gasteiger partial charge on any atom is 0.135 e. The smallest absolute Gasteiger partial charge is 0.135 e. The Morgan fingerprint density at radius 1 is 1.37 bits per heavy atom. The van der Waals surface area contributed by atoms with Crippen molar-refractivity contribution in [3.05, 3.63) is 39.5 Å². The SMILES string of the molecule is COc1cc(-n2c(C)c(C)c(C#N)c2N)ccc1Br. The minimum Gasteiger partial charge on any atom is -0.495 e. The molecule has 0 radical (unpaired) electrons. The monoisotopic (exact) mass is 319 g/mol. The molecule has 5 heteroatoms. The van der Waals surface area contributed by atoms with Crippen molar-refractivity contribution in [2.45, 2.75) is 13.8 Å². The van der Waals surface area contributed by atoms with E-state index in [4.69, 9.17) is 15.7 Å². The quantitative estimate of drug-likeness (QED) is 0.923. The Balaban J connectivity index is 2.70. The zero-order chi connectivity index (χ0) is 14.2. The summed E-state index contributed by atoms with van der Waals surface area (Å²) in [5.74, 6) is 1.18. The van der Waals surface area contributed by atoms with Gasteiger partial charge in [0.1, 0.15) is 17.6 Å². The van der Waals surface area contributed by atoms with Gasteiger partial charge in [-0.3, -0.25) is 4.57 Å². The van der Waals surface area contributed by atoms with Gasteiger partial charge in [0.05, 0.1) is 22.8 Å². The molecule has 0 aliphatic carbocycles. The van der Waals surface area contributed by atoms with E-state index in [2.05, 4.69) is 22.0 Å². The molecule has 19 heavy (non-hydrogen) atoms. The summed E-state index contributed by atoms with van der Waals surface area (Å²) in [7, 11) is 1.61. The summed E-state index contributed by atoms with van der Waals surface area (Å²) >= 11 is 3.42. The lowest BCUT2D eigenvalue weighted by molar-refractivity contribution is 0.412. The van der Waals surface area contributed by atoms with Crippen LogP contribution in [0, 0.1) is 25.2 Å². The third-order valence-electron chi connectivity index (χ3n) is 3.25. The Morgan fingerprint density at radius 3 is 2.58 bits per heavy atom. The fraction of sp³-hybridized carbons (Fsp3) is 0.214. The molecule has 2 aromatic rings. The second-order valence-electron chi connectivity index (χ2n) is 4.24. The molecule has 4 nitrogen and oxygen atoms in total. The minimum atomic E-state index is 0.460. The molecule has 0 saturated heterocycles. The molecule has 0 unspecified atom stereocenters. The van der Waals surface area contributed by atoms with Crippen LogP contribution in [0.4, 0.5) is 5.82 Å². The molecule has 0 saturated carbocycles. The highest BCUT2D eigenvalue weighted by molar-refractivity contribution is 9.10. The van der Waals surface area contributed by atoms with Crippen molar-refractivity contribution in [3.8, 4) is 17.5 Å². The van der Waals surface area contributed by atoms with Crippen molar-refractivity contribution < 1.29 is 4.74 Å². The van der Waals surface area contributed by atoms with Crippen LogP contribution in [-0.2, 0) is 0 Å². The number of rotatable bonds is 2. The Bertz CT molecular complexity index is 683. The topological polar surface area (TPSA) is 64.0 Å². The van der Waals surface area contributed by atoms with Gasteiger partial charge < -0.3 is 10.5 Å². The molecule has 1 heterocycles. The van der Waals surface area contributed by atoms with Gasteiger partial charge >= 0.3 is 0 Å². The average Bonchev–Trinajstić information content (AvgIpc) is 2.61. The standard InChI is InChI=1S/C14H14BrN3O/c1-8-9(2)18(14(17)11(8)7-16)10-4-5-12(15)13(6-10)19-3/h4-6H,17H2,1-3H3. The molecule has 0 amide bonds. The third kappa shape index (κ3) is 2.08. The van der Waals surface area contributed by atoms with Gasteiger partial charge in [0.15, 0.2) is 0 Å². The number of hydrogen-bond acceptors (Lipinski definition) is 3. The number of methoxy groups -OCH3 is 1. The molecule has 98 valence electrons. The van der Waals surface area contributed by atoms with E-state index in [0.717, 1.165) is 27.2 Å². The first kappa shape index (κ1) is 13.5. The van der Waals surface area contributed by atoms with Crippen LogP contribution in [0.3, 0.4) is 0 Å². The van der Waals surface area contributed by atoms with Gasteiger partial charge in [0, 0.05) is 11.8 Å². The predicted octanol–water partition coefficient (Wildman–Crippen LogP) is 3.32. The predicted molar refractivity (Wildman–Crippen MR) is 78.6 cm³/mol. The summed E-state index contributed by atoms with van der Waals surface area (Å²) in [5, 5.41) is 9.15. The van der Waals surface area contributed by atoms with Gasteiger partial charge in [-0.1, -0.05) is 0 Å². The number of nitrogens with zero attached hydrogens (tertiary/aromatic N) is 2. The number of hydrogen-bond donors (Lipinski definition) is 1. The molecule has 0 bridgehead atoms. The fourth-order valence-electron chi connectivity index (χ4n) is 2.09. The molecule has 0 aliphatic rings. The lowest BCUT2D eigenvalue weighted by Gasteiger charge is -2.11. The first-order valence-electron chi connectivity index (χ1n) is 5.72. The lowest BCUT2D eigenvalue weighted by Crippen LogP contribution is -2.03. The van der Waals surface area contributed by atoms with E-state index in [0.29, 0.717) is 11.4 Å². The highest BCUT2D eigenvalue weighted by Crippen LogP contribution is 2.32. The molecule has 1 aromatic heterocycles. The van der Waals surface area contributed by atoms with E-state index in [-0.39, 0.29) is 0 Å². The Labute approximate surface area is 120 Å². The van der Waals surface area contributed by atoms with Gasteiger partial charge in [-0.25, -0.2) is 0 Å². The van der Waals surface area contributed by atoms with Crippen molar-refractivity contribution in [2.24, 2.45) is 0 Å². The van der Waals surface area contributed by atoms with Crippen molar-refractivity contribution >= 4 is 21.7 Å². The first-order chi connectivity index (χ1) is 9.01. The summed E-state index contributed by atoms with van der Waals surface area (Å²) in [4.78, 5) is 0. The third-order valence-corrected chi connectivity index (χ3v) is 3.91. The summed E-state index contributed by atoms with van der Waals surface area (Å²) in [6.07, 6.45) is 0. The minimum absolute atomic E-state index is 0.460. The van der Waals surface area contributed by atoms with Crippen LogP contribution in [0.5, 0.6) is 5.75 Å². The normalized spacial score (nSPS) is 10.3. The maximum atomic E-state index is 9.15. The van der Waals surface area contributed by atoms with E-state index in [1.54, 1.807) is 7.11 Å².